The van der Waals surface area contributed by atoms with Crippen molar-refractivity contribution in [3.05, 3.63) is 51.2 Å². The molecular weight excluding hydrogens is 490 g/mol. The quantitative estimate of drug-likeness (QED) is 0.520. The second-order valence-corrected chi connectivity index (χ2v) is 9.71. The summed E-state index contributed by atoms with van der Waals surface area (Å²) in [5.74, 6) is 0.200. The number of piperidine rings is 1. The normalized spacial score (nSPS) is 19.4. The fourth-order valence-corrected chi connectivity index (χ4v) is 5.04. The van der Waals surface area contributed by atoms with Gasteiger partial charge in [0.25, 0.3) is 0 Å². The first-order valence-corrected chi connectivity index (χ1v) is 12.0. The van der Waals surface area contributed by atoms with Crippen LogP contribution in [-0.4, -0.2) is 47.8 Å². The van der Waals surface area contributed by atoms with Crippen molar-refractivity contribution in [2.24, 2.45) is 5.92 Å². The van der Waals surface area contributed by atoms with Crippen molar-refractivity contribution in [3.8, 4) is 5.69 Å². The maximum Gasteiger partial charge on any atom is 0.223 e. The van der Waals surface area contributed by atoms with Gasteiger partial charge in [-0.3, -0.25) is 9.36 Å². The highest BCUT2D eigenvalue weighted by Gasteiger charge is 2.30. The fourth-order valence-electron chi connectivity index (χ4n) is 4.50. The molecule has 2 aliphatic heterocycles. The van der Waals surface area contributed by atoms with Gasteiger partial charge in [-0.1, -0.05) is 34.8 Å². The van der Waals surface area contributed by atoms with Crippen LogP contribution in [0.25, 0.3) is 16.7 Å². The van der Waals surface area contributed by atoms with E-state index in [1.54, 1.807) is 18.2 Å². The van der Waals surface area contributed by atoms with Gasteiger partial charge in [0.15, 0.2) is 0 Å². The van der Waals surface area contributed by atoms with Crippen LogP contribution in [0.5, 0.6) is 0 Å². The van der Waals surface area contributed by atoms with E-state index in [1.807, 2.05) is 4.57 Å². The van der Waals surface area contributed by atoms with Crippen LogP contribution >= 0.6 is 34.8 Å². The standard InChI is InChI=1S/C23H22Cl3FN4O2/c24-14-7-15(27)9-17(8-14)31-21-11-19(26)18(25)10-20(21)29-23(31)30-4-1-13(2-5-30)22(32)28-16-3-6-33-12-16/h7-11,13,16H,1-6,12H2,(H,28,32)/t16-/m1/s1. The number of benzene rings is 2. The molecule has 0 unspecified atom stereocenters. The number of carbonyl (C=O) groups excluding carboxylic acids is 1. The molecule has 0 bridgehead atoms. The van der Waals surface area contributed by atoms with Crippen LogP contribution in [0.2, 0.25) is 15.1 Å². The third kappa shape index (κ3) is 4.64. The first-order valence-electron chi connectivity index (χ1n) is 10.9. The predicted molar refractivity (Wildman–Crippen MR) is 128 cm³/mol. The minimum absolute atomic E-state index is 0.0628. The molecule has 10 heteroatoms. The summed E-state index contributed by atoms with van der Waals surface area (Å²) in [7, 11) is 0. The number of ether oxygens (including phenoxy) is 1. The first kappa shape index (κ1) is 22.7. The van der Waals surface area contributed by atoms with Gasteiger partial charge < -0.3 is 15.0 Å². The van der Waals surface area contributed by atoms with E-state index in [1.165, 1.54) is 12.1 Å². The fraction of sp³-hybridized carbons (Fsp3) is 0.391. The zero-order chi connectivity index (χ0) is 23.1. The summed E-state index contributed by atoms with van der Waals surface area (Å²) in [6, 6.07) is 7.87. The summed E-state index contributed by atoms with van der Waals surface area (Å²) in [4.78, 5) is 19.6. The number of nitrogens with one attached hydrogen (secondary N) is 1. The van der Waals surface area contributed by atoms with Crippen molar-refractivity contribution < 1.29 is 13.9 Å². The highest BCUT2D eigenvalue weighted by Crippen LogP contribution is 2.35. The zero-order valence-corrected chi connectivity index (χ0v) is 19.9. The van der Waals surface area contributed by atoms with Crippen molar-refractivity contribution in [2.45, 2.75) is 25.3 Å². The van der Waals surface area contributed by atoms with Gasteiger partial charge in [-0.05, 0) is 49.6 Å². The molecule has 0 spiro atoms. The van der Waals surface area contributed by atoms with E-state index < -0.39 is 5.82 Å². The predicted octanol–water partition coefficient (Wildman–Crippen LogP) is 5.25. The van der Waals surface area contributed by atoms with Gasteiger partial charge in [0.2, 0.25) is 11.9 Å². The molecule has 1 atom stereocenters. The minimum atomic E-state index is -0.448. The number of anilines is 1. The number of imidazole rings is 1. The van der Waals surface area contributed by atoms with E-state index in [9.17, 15) is 9.18 Å². The summed E-state index contributed by atoms with van der Waals surface area (Å²) in [6.07, 6.45) is 2.23. The van der Waals surface area contributed by atoms with Crippen LogP contribution in [0.3, 0.4) is 0 Å². The van der Waals surface area contributed by atoms with E-state index in [0.29, 0.717) is 71.9 Å². The van der Waals surface area contributed by atoms with Crippen LogP contribution in [0.4, 0.5) is 10.3 Å². The van der Waals surface area contributed by atoms with E-state index in [0.717, 1.165) is 6.42 Å². The van der Waals surface area contributed by atoms with Crippen molar-refractivity contribution >= 4 is 57.7 Å². The number of hydrogen-bond acceptors (Lipinski definition) is 4. The Morgan fingerprint density at radius 3 is 2.52 bits per heavy atom. The van der Waals surface area contributed by atoms with E-state index in [4.69, 9.17) is 44.5 Å². The third-order valence-electron chi connectivity index (χ3n) is 6.21. The lowest BCUT2D eigenvalue weighted by atomic mass is 9.95. The van der Waals surface area contributed by atoms with Crippen molar-refractivity contribution in [2.75, 3.05) is 31.2 Å². The highest BCUT2D eigenvalue weighted by atomic mass is 35.5. The van der Waals surface area contributed by atoms with E-state index in [2.05, 4.69) is 10.2 Å². The molecule has 33 heavy (non-hydrogen) atoms. The van der Waals surface area contributed by atoms with Crippen LogP contribution < -0.4 is 10.2 Å². The summed E-state index contributed by atoms with van der Waals surface area (Å²) >= 11 is 18.7. The first-order chi connectivity index (χ1) is 15.9. The van der Waals surface area contributed by atoms with Gasteiger partial charge in [-0.2, -0.15) is 0 Å². The molecule has 0 aliphatic carbocycles. The van der Waals surface area contributed by atoms with Crippen LogP contribution in [0.15, 0.2) is 30.3 Å². The van der Waals surface area contributed by atoms with Gasteiger partial charge in [0, 0.05) is 30.6 Å². The number of fused-ring (bicyclic) bond motifs is 1. The third-order valence-corrected chi connectivity index (χ3v) is 7.15. The topological polar surface area (TPSA) is 59.4 Å². The second-order valence-electron chi connectivity index (χ2n) is 8.46. The number of carbonyl (C=O) groups is 1. The number of amides is 1. The van der Waals surface area contributed by atoms with Gasteiger partial charge in [-0.25, -0.2) is 9.37 Å². The Labute approximate surface area is 205 Å². The molecule has 5 rings (SSSR count). The molecule has 3 aromatic rings. The maximum absolute atomic E-state index is 14.2. The minimum Gasteiger partial charge on any atom is -0.379 e. The Morgan fingerprint density at radius 1 is 1.06 bits per heavy atom. The average Bonchev–Trinajstić information content (AvgIpc) is 3.41. The smallest absolute Gasteiger partial charge is 0.223 e. The lowest BCUT2D eigenvalue weighted by Crippen LogP contribution is -2.44. The van der Waals surface area contributed by atoms with E-state index in [-0.39, 0.29) is 22.9 Å². The van der Waals surface area contributed by atoms with Crippen LogP contribution in [-0.2, 0) is 9.53 Å². The van der Waals surface area contributed by atoms with Gasteiger partial charge in [0.1, 0.15) is 5.82 Å². The Hall–Kier alpha value is -2.06. The van der Waals surface area contributed by atoms with Crippen LogP contribution in [0.1, 0.15) is 19.3 Å². The van der Waals surface area contributed by atoms with Crippen molar-refractivity contribution in [1.29, 1.82) is 0 Å². The molecule has 6 nitrogen and oxygen atoms in total. The Bertz CT molecular complexity index is 1180. The summed E-state index contributed by atoms with van der Waals surface area (Å²) in [6.45, 7) is 2.54. The summed E-state index contributed by atoms with van der Waals surface area (Å²) in [5, 5.41) is 4.15. The van der Waals surface area contributed by atoms with Gasteiger partial charge >= 0.3 is 0 Å². The number of aromatic nitrogens is 2. The van der Waals surface area contributed by atoms with Gasteiger partial charge in [0.05, 0.1) is 39.4 Å². The zero-order valence-electron chi connectivity index (χ0n) is 17.7. The largest absolute Gasteiger partial charge is 0.379 e. The molecule has 1 aromatic heterocycles. The molecule has 2 fully saturated rings. The molecular formula is C23H22Cl3FN4O2. The molecule has 0 saturated carbocycles. The SMILES string of the molecule is O=C(N[C@@H]1CCOC1)C1CCN(c2nc3cc(Cl)c(Cl)cc3n2-c2cc(F)cc(Cl)c2)CC1. The molecule has 0 radical (unpaired) electrons. The Morgan fingerprint density at radius 2 is 1.82 bits per heavy atom. The number of hydrogen-bond donors (Lipinski definition) is 1. The maximum atomic E-state index is 14.2. The van der Waals surface area contributed by atoms with Crippen LogP contribution in [0, 0.1) is 11.7 Å². The molecule has 2 aliphatic rings. The molecule has 174 valence electrons. The molecule has 1 amide bonds. The molecule has 2 aromatic carbocycles. The monoisotopic (exact) mass is 510 g/mol. The van der Waals surface area contributed by atoms with E-state index >= 15 is 0 Å². The lowest BCUT2D eigenvalue weighted by molar-refractivity contribution is -0.126. The van der Waals surface area contributed by atoms with Crippen molar-refractivity contribution in [1.82, 2.24) is 14.9 Å². The molecule has 1 N–H and O–H groups in total. The number of rotatable bonds is 4. The molecule has 3 heterocycles. The molecule has 2 saturated heterocycles. The number of nitrogens with zero attached hydrogens (tertiary/aromatic N) is 3. The van der Waals surface area contributed by atoms with Crippen molar-refractivity contribution in [3.63, 3.8) is 0 Å². The second kappa shape index (κ2) is 9.29. The van der Waals surface area contributed by atoms with Gasteiger partial charge in [-0.15, -0.1) is 0 Å². The Balaban J connectivity index is 1.45. The lowest BCUT2D eigenvalue weighted by Gasteiger charge is -2.32. The number of halogens is 4. The Kier molecular flexibility index (Phi) is 6.40. The average molecular weight is 512 g/mol. The highest BCUT2D eigenvalue weighted by molar-refractivity contribution is 6.42. The summed E-state index contributed by atoms with van der Waals surface area (Å²) in [5.41, 5.74) is 1.88. The summed E-state index contributed by atoms with van der Waals surface area (Å²) < 4.78 is 21.4.